The van der Waals surface area contributed by atoms with Crippen molar-refractivity contribution in [2.75, 3.05) is 6.61 Å². The average molecular weight is 415 g/mol. The van der Waals surface area contributed by atoms with Gasteiger partial charge in [0.2, 0.25) is 5.71 Å². The Morgan fingerprint density at radius 1 is 1.40 bits per heavy atom. The molecule has 0 unspecified atom stereocenters. The molecule has 0 saturated carbocycles. The molecule has 0 spiro atoms. The van der Waals surface area contributed by atoms with E-state index in [2.05, 4.69) is 20.9 Å². The maximum atomic E-state index is 12.2. The lowest BCUT2D eigenvalue weighted by atomic mass is 10.2. The van der Waals surface area contributed by atoms with Crippen molar-refractivity contribution in [1.29, 1.82) is 0 Å². The molecule has 9 nitrogen and oxygen atoms in total. The number of hydrogen-bond donors (Lipinski definition) is 0. The molecule has 3 rings (SSSR count). The molecule has 0 aromatic carbocycles. The van der Waals surface area contributed by atoms with Crippen molar-refractivity contribution >= 4 is 39.0 Å². The summed E-state index contributed by atoms with van der Waals surface area (Å²) in [5.74, 6) is -0.959. The molecule has 10 heteroatoms. The van der Waals surface area contributed by atoms with Crippen LogP contribution < -0.4 is 5.69 Å². The van der Waals surface area contributed by atoms with Gasteiger partial charge in [-0.05, 0) is 15.9 Å². The van der Waals surface area contributed by atoms with Gasteiger partial charge in [-0.25, -0.2) is 4.79 Å². The Kier molecular flexibility index (Phi) is 4.91. The topological polar surface area (TPSA) is 110 Å². The Labute approximate surface area is 150 Å². The minimum absolute atomic E-state index is 0.0779. The highest BCUT2D eigenvalue weighted by Crippen LogP contribution is 2.31. The molecule has 3 atom stereocenters. The summed E-state index contributed by atoms with van der Waals surface area (Å²) >= 11 is 3.18. The summed E-state index contributed by atoms with van der Waals surface area (Å²) in [6, 6.07) is 1.67. The number of fused-ring (bicyclic) bond motifs is 1. The third kappa shape index (κ3) is 3.90. The van der Waals surface area contributed by atoms with Crippen molar-refractivity contribution in [3.63, 3.8) is 0 Å². The van der Waals surface area contributed by atoms with Crippen LogP contribution in [0.2, 0.25) is 0 Å². The van der Waals surface area contributed by atoms with E-state index in [4.69, 9.17) is 18.6 Å². The van der Waals surface area contributed by atoms with Crippen LogP contribution in [0.15, 0.2) is 26.1 Å². The van der Waals surface area contributed by atoms with Crippen molar-refractivity contribution in [3.05, 3.63) is 27.4 Å². The summed E-state index contributed by atoms with van der Waals surface area (Å²) in [4.78, 5) is 38.4. The van der Waals surface area contributed by atoms with Crippen LogP contribution >= 0.6 is 15.9 Å². The van der Waals surface area contributed by atoms with Crippen molar-refractivity contribution in [2.24, 2.45) is 0 Å². The van der Waals surface area contributed by atoms with Crippen LogP contribution in [0.5, 0.6) is 0 Å². The van der Waals surface area contributed by atoms with Crippen LogP contribution in [-0.4, -0.2) is 40.3 Å². The Balaban J connectivity index is 1.86. The predicted octanol–water partition coefficient (Wildman–Crippen LogP) is 1.53. The molecule has 3 heterocycles. The molecule has 1 saturated heterocycles. The summed E-state index contributed by atoms with van der Waals surface area (Å²) in [6.45, 7) is 2.47. The first-order valence-electron chi connectivity index (χ1n) is 7.47. The minimum atomic E-state index is -0.706. The number of carbonyl (C=O) groups is 2. The van der Waals surface area contributed by atoms with Gasteiger partial charge in [0.05, 0.1) is 5.39 Å². The van der Waals surface area contributed by atoms with Gasteiger partial charge in [0.25, 0.3) is 0 Å². The van der Waals surface area contributed by atoms with Crippen molar-refractivity contribution in [3.8, 4) is 0 Å². The number of aromatic nitrogens is 2. The molecule has 2 aromatic rings. The molecule has 0 amide bonds. The second-order valence-electron chi connectivity index (χ2n) is 5.56. The molecule has 0 aliphatic carbocycles. The summed E-state index contributed by atoms with van der Waals surface area (Å²) < 4.78 is 22.9. The van der Waals surface area contributed by atoms with E-state index in [1.54, 1.807) is 12.3 Å². The Bertz CT molecular complexity index is 874. The van der Waals surface area contributed by atoms with E-state index in [9.17, 15) is 14.4 Å². The number of furan rings is 1. The van der Waals surface area contributed by atoms with Crippen LogP contribution in [0, 0.1) is 0 Å². The number of ether oxygens (including phenoxy) is 3. The Morgan fingerprint density at radius 3 is 2.84 bits per heavy atom. The van der Waals surface area contributed by atoms with Crippen LogP contribution in [0.1, 0.15) is 26.5 Å². The van der Waals surface area contributed by atoms with Gasteiger partial charge in [0.15, 0.2) is 4.67 Å². The highest BCUT2D eigenvalue weighted by molar-refractivity contribution is 9.10. The molecule has 2 aromatic heterocycles. The van der Waals surface area contributed by atoms with Crippen LogP contribution in [0.4, 0.5) is 0 Å². The first-order valence-corrected chi connectivity index (χ1v) is 8.27. The van der Waals surface area contributed by atoms with Crippen LogP contribution in [0.3, 0.4) is 0 Å². The SMILES string of the molecule is CC(=O)OC[C@H]1O[C@@H](n2cc3cc(Br)oc3nc2=O)C[C@@H]1OC(C)=O. The van der Waals surface area contributed by atoms with Crippen LogP contribution in [-0.2, 0) is 23.8 Å². The second-order valence-corrected chi connectivity index (χ2v) is 6.34. The fourth-order valence-corrected chi connectivity index (χ4v) is 3.06. The molecule has 134 valence electrons. The number of nitrogens with zero attached hydrogens (tertiary/aromatic N) is 2. The molecule has 1 aliphatic rings. The van der Waals surface area contributed by atoms with Crippen molar-refractivity contribution in [1.82, 2.24) is 9.55 Å². The minimum Gasteiger partial charge on any atom is -0.463 e. The standard InChI is InChI=1S/C15H15BrN2O7/c1-7(19)22-6-11-10(23-8(2)20)4-13(24-11)18-5-9-3-12(16)25-14(9)17-15(18)21/h3,5,10-11,13H,4,6H2,1-2H3/t10-,11+,13+/m0/s1. The Morgan fingerprint density at radius 2 is 2.16 bits per heavy atom. The average Bonchev–Trinajstić information content (AvgIpc) is 3.05. The summed E-state index contributed by atoms with van der Waals surface area (Å²) in [7, 11) is 0. The number of hydrogen-bond acceptors (Lipinski definition) is 8. The molecular weight excluding hydrogens is 400 g/mol. The van der Waals surface area contributed by atoms with Gasteiger partial charge < -0.3 is 18.6 Å². The summed E-state index contributed by atoms with van der Waals surface area (Å²) in [6.07, 6.45) is -0.222. The monoisotopic (exact) mass is 414 g/mol. The van der Waals surface area contributed by atoms with Gasteiger partial charge in [0, 0.05) is 32.5 Å². The quantitative estimate of drug-likeness (QED) is 0.692. The zero-order valence-corrected chi connectivity index (χ0v) is 15.0. The number of carbonyl (C=O) groups excluding carboxylic acids is 2. The van der Waals surface area contributed by atoms with E-state index >= 15 is 0 Å². The van der Waals surface area contributed by atoms with Gasteiger partial charge in [-0.15, -0.1) is 0 Å². The molecule has 1 aliphatic heterocycles. The van der Waals surface area contributed by atoms with E-state index in [1.807, 2.05) is 0 Å². The van der Waals surface area contributed by atoms with Crippen molar-refractivity contribution in [2.45, 2.75) is 38.7 Å². The molecule has 0 radical (unpaired) electrons. The van der Waals surface area contributed by atoms with Gasteiger partial charge in [-0.3, -0.25) is 14.2 Å². The lowest BCUT2D eigenvalue weighted by Gasteiger charge is -2.17. The van der Waals surface area contributed by atoms with Gasteiger partial charge in [0.1, 0.15) is 25.0 Å². The fraction of sp³-hybridized carbons (Fsp3) is 0.467. The molecular formula is C15H15BrN2O7. The summed E-state index contributed by atoms with van der Waals surface area (Å²) in [5, 5.41) is 0.613. The summed E-state index contributed by atoms with van der Waals surface area (Å²) in [5.41, 5.74) is -0.354. The van der Waals surface area contributed by atoms with E-state index < -0.39 is 36.1 Å². The fourth-order valence-electron chi connectivity index (χ4n) is 2.66. The number of esters is 2. The first-order chi connectivity index (χ1) is 11.8. The molecule has 1 fully saturated rings. The third-order valence-electron chi connectivity index (χ3n) is 3.67. The zero-order chi connectivity index (χ0) is 18.1. The highest BCUT2D eigenvalue weighted by Gasteiger charge is 2.39. The maximum Gasteiger partial charge on any atom is 0.353 e. The van der Waals surface area contributed by atoms with E-state index in [0.29, 0.717) is 10.1 Å². The van der Waals surface area contributed by atoms with Gasteiger partial charge >= 0.3 is 17.6 Å². The number of halogens is 1. The lowest BCUT2D eigenvalue weighted by molar-refractivity contribution is -0.155. The van der Waals surface area contributed by atoms with Crippen molar-refractivity contribution < 1.29 is 28.2 Å². The normalized spacial score (nSPS) is 22.9. The molecule has 0 N–H and O–H groups in total. The van der Waals surface area contributed by atoms with E-state index in [1.165, 1.54) is 18.4 Å². The maximum absolute atomic E-state index is 12.2. The third-order valence-corrected chi connectivity index (χ3v) is 4.06. The smallest absolute Gasteiger partial charge is 0.353 e. The predicted molar refractivity (Wildman–Crippen MR) is 86.7 cm³/mol. The largest absolute Gasteiger partial charge is 0.463 e. The van der Waals surface area contributed by atoms with E-state index in [-0.39, 0.29) is 18.7 Å². The van der Waals surface area contributed by atoms with Gasteiger partial charge in [-0.1, -0.05) is 0 Å². The second kappa shape index (κ2) is 6.96. The zero-order valence-electron chi connectivity index (χ0n) is 13.4. The number of rotatable bonds is 4. The van der Waals surface area contributed by atoms with E-state index in [0.717, 1.165) is 0 Å². The molecule has 25 heavy (non-hydrogen) atoms. The highest BCUT2D eigenvalue weighted by atomic mass is 79.9. The molecule has 0 bridgehead atoms. The van der Waals surface area contributed by atoms with Crippen LogP contribution in [0.25, 0.3) is 11.1 Å². The lowest BCUT2D eigenvalue weighted by Crippen LogP contribution is -2.31. The Hall–Kier alpha value is -2.20. The first kappa shape index (κ1) is 17.6. The van der Waals surface area contributed by atoms with Gasteiger partial charge in [-0.2, -0.15) is 4.98 Å².